The number of nitrogens with two attached hydrogens (primary N) is 1. The summed E-state index contributed by atoms with van der Waals surface area (Å²) in [6.45, 7) is 0.625. The molecule has 0 radical (unpaired) electrons. The highest BCUT2D eigenvalue weighted by atomic mass is 32.1. The van der Waals surface area contributed by atoms with Crippen molar-refractivity contribution in [1.29, 1.82) is 0 Å². The van der Waals surface area contributed by atoms with Gasteiger partial charge in [0.25, 0.3) is 0 Å². The largest absolute Gasteiger partial charge is 0.345 e. The fraction of sp³-hybridized carbons (Fsp3) is 0.556. The van der Waals surface area contributed by atoms with E-state index in [0.29, 0.717) is 13.0 Å². The zero-order chi connectivity index (χ0) is 12.7. The quantitative estimate of drug-likeness (QED) is 0.437. The van der Waals surface area contributed by atoms with E-state index < -0.39 is 4.92 Å². The molecule has 17 heavy (non-hydrogen) atoms. The second-order valence-electron chi connectivity index (χ2n) is 3.41. The van der Waals surface area contributed by atoms with Gasteiger partial charge in [0.05, 0.1) is 4.92 Å². The summed E-state index contributed by atoms with van der Waals surface area (Å²) in [4.78, 5) is 25.0. The van der Waals surface area contributed by atoms with Crippen LogP contribution in [0.2, 0.25) is 0 Å². The van der Waals surface area contributed by atoms with Gasteiger partial charge in [-0.25, -0.2) is 4.98 Å². The molecule has 94 valence electrons. The molecule has 0 spiro atoms. The number of nitrogens with zero attached hydrogens (tertiary/aromatic N) is 2. The van der Waals surface area contributed by atoms with Gasteiger partial charge in [0.1, 0.15) is 6.20 Å². The summed E-state index contributed by atoms with van der Waals surface area (Å²) in [5.41, 5.74) is 5.33. The summed E-state index contributed by atoms with van der Waals surface area (Å²) in [6, 6.07) is 0. The number of nitrogens with one attached hydrogen (secondary N) is 1. The molecule has 0 unspecified atom stereocenters. The van der Waals surface area contributed by atoms with Gasteiger partial charge in [-0.3, -0.25) is 14.9 Å². The molecule has 0 aromatic carbocycles. The zero-order valence-corrected chi connectivity index (χ0v) is 10.0. The Morgan fingerprint density at radius 3 is 2.88 bits per heavy atom. The average molecular weight is 258 g/mol. The van der Waals surface area contributed by atoms with Crippen molar-refractivity contribution in [3.8, 4) is 0 Å². The zero-order valence-electron chi connectivity index (χ0n) is 9.22. The molecule has 0 aliphatic rings. The number of aromatic nitrogens is 1. The van der Waals surface area contributed by atoms with Crippen LogP contribution in [-0.2, 0) is 4.79 Å². The standard InChI is InChI=1S/C9H14N4O3S/c10-5-3-1-2-4-7(14)12-9-11-6-8(17-9)13(15)16/h6H,1-5,10H2,(H,11,12,14). The van der Waals surface area contributed by atoms with Crippen LogP contribution >= 0.6 is 11.3 Å². The van der Waals surface area contributed by atoms with Crippen molar-refractivity contribution in [3.05, 3.63) is 16.3 Å². The van der Waals surface area contributed by atoms with Gasteiger partial charge >= 0.3 is 5.00 Å². The minimum Gasteiger partial charge on any atom is -0.330 e. The van der Waals surface area contributed by atoms with Crippen molar-refractivity contribution in [1.82, 2.24) is 4.98 Å². The maximum Gasteiger partial charge on any atom is 0.345 e. The van der Waals surface area contributed by atoms with E-state index in [4.69, 9.17) is 5.73 Å². The van der Waals surface area contributed by atoms with Gasteiger partial charge in [-0.2, -0.15) is 0 Å². The van der Waals surface area contributed by atoms with E-state index in [0.717, 1.165) is 36.8 Å². The van der Waals surface area contributed by atoms with Gasteiger partial charge in [-0.05, 0) is 30.7 Å². The molecule has 1 aromatic rings. The molecule has 0 aliphatic carbocycles. The topological polar surface area (TPSA) is 111 Å². The fourth-order valence-electron chi connectivity index (χ4n) is 1.20. The Bertz CT molecular complexity index is 393. The van der Waals surface area contributed by atoms with Gasteiger partial charge in [0.2, 0.25) is 5.91 Å². The highest BCUT2D eigenvalue weighted by molar-refractivity contribution is 7.18. The smallest absolute Gasteiger partial charge is 0.330 e. The molecule has 3 N–H and O–H groups in total. The lowest BCUT2D eigenvalue weighted by atomic mass is 10.2. The third kappa shape index (κ3) is 4.87. The SMILES string of the molecule is NCCCCCC(=O)Nc1ncc([N+](=O)[O-])s1. The minimum absolute atomic E-state index is 0.0802. The molecule has 1 heterocycles. The summed E-state index contributed by atoms with van der Waals surface area (Å²) in [6.07, 6.45) is 4.08. The second-order valence-corrected chi connectivity index (χ2v) is 4.42. The first-order valence-electron chi connectivity index (χ1n) is 5.23. The maximum absolute atomic E-state index is 11.4. The highest BCUT2D eigenvalue weighted by Gasteiger charge is 2.12. The van der Waals surface area contributed by atoms with Gasteiger partial charge in [0, 0.05) is 6.42 Å². The lowest BCUT2D eigenvalue weighted by Crippen LogP contribution is -2.11. The Kier molecular flexibility index (Phi) is 5.50. The number of rotatable bonds is 7. The lowest BCUT2D eigenvalue weighted by molar-refractivity contribution is -0.380. The van der Waals surface area contributed by atoms with Crippen molar-refractivity contribution >= 4 is 27.4 Å². The number of carbonyl (C=O) groups is 1. The molecule has 1 amide bonds. The monoisotopic (exact) mass is 258 g/mol. The van der Waals surface area contributed by atoms with Gasteiger partial charge in [-0.15, -0.1) is 0 Å². The van der Waals surface area contributed by atoms with Crippen LogP contribution in [0, 0.1) is 10.1 Å². The Morgan fingerprint density at radius 2 is 2.29 bits per heavy atom. The molecule has 0 bridgehead atoms. The van der Waals surface area contributed by atoms with E-state index in [1.807, 2.05) is 0 Å². The first-order valence-corrected chi connectivity index (χ1v) is 6.05. The minimum atomic E-state index is -0.533. The third-order valence-electron chi connectivity index (χ3n) is 2.03. The number of anilines is 1. The van der Waals surface area contributed by atoms with Crippen molar-refractivity contribution < 1.29 is 9.72 Å². The number of carbonyl (C=O) groups excluding carboxylic acids is 1. The molecule has 0 saturated carbocycles. The van der Waals surface area contributed by atoms with Crippen molar-refractivity contribution in [2.75, 3.05) is 11.9 Å². The first-order chi connectivity index (χ1) is 8.13. The van der Waals surface area contributed by atoms with Gasteiger partial charge in [0.15, 0.2) is 5.13 Å². The highest BCUT2D eigenvalue weighted by Crippen LogP contribution is 2.24. The lowest BCUT2D eigenvalue weighted by Gasteiger charge is -2.00. The van der Waals surface area contributed by atoms with Crippen molar-refractivity contribution in [3.63, 3.8) is 0 Å². The van der Waals surface area contributed by atoms with E-state index in [-0.39, 0.29) is 16.0 Å². The first kappa shape index (κ1) is 13.5. The van der Waals surface area contributed by atoms with Gasteiger partial charge < -0.3 is 11.1 Å². The molecule has 0 saturated heterocycles. The normalized spacial score (nSPS) is 10.2. The Hall–Kier alpha value is -1.54. The van der Waals surface area contributed by atoms with E-state index in [2.05, 4.69) is 10.3 Å². The predicted octanol–water partition coefficient (Wildman–Crippen LogP) is 1.51. The molecule has 0 aliphatic heterocycles. The molecule has 1 rings (SSSR count). The summed E-state index contributed by atoms with van der Waals surface area (Å²) >= 11 is 0.851. The molecule has 8 heteroatoms. The van der Waals surface area contributed by atoms with Crippen molar-refractivity contribution in [2.24, 2.45) is 5.73 Å². The average Bonchev–Trinajstić information content (AvgIpc) is 2.73. The number of unbranched alkanes of at least 4 members (excludes halogenated alkanes) is 2. The molecule has 1 aromatic heterocycles. The summed E-state index contributed by atoms with van der Waals surface area (Å²) in [7, 11) is 0. The predicted molar refractivity (Wildman–Crippen MR) is 64.9 cm³/mol. The van der Waals surface area contributed by atoms with Crippen molar-refractivity contribution in [2.45, 2.75) is 25.7 Å². The number of amides is 1. The summed E-state index contributed by atoms with van der Waals surface area (Å²) in [5, 5.41) is 13.1. The number of hydrogen-bond acceptors (Lipinski definition) is 6. The van der Waals surface area contributed by atoms with E-state index in [1.54, 1.807) is 0 Å². The Morgan fingerprint density at radius 1 is 1.53 bits per heavy atom. The fourth-order valence-corrected chi connectivity index (χ4v) is 1.84. The molecule has 7 nitrogen and oxygen atoms in total. The Labute approximate surface area is 102 Å². The third-order valence-corrected chi connectivity index (χ3v) is 2.89. The Balaban J connectivity index is 2.32. The molecular weight excluding hydrogens is 244 g/mol. The molecular formula is C9H14N4O3S. The molecule has 0 fully saturated rings. The van der Waals surface area contributed by atoms with E-state index >= 15 is 0 Å². The van der Waals surface area contributed by atoms with Crippen LogP contribution in [0.1, 0.15) is 25.7 Å². The van der Waals surface area contributed by atoms with Crippen LogP contribution in [0.15, 0.2) is 6.20 Å². The molecule has 0 atom stereocenters. The summed E-state index contributed by atoms with van der Waals surface area (Å²) < 4.78 is 0. The van der Waals surface area contributed by atoms with Crippen LogP contribution in [0.3, 0.4) is 0 Å². The number of nitro groups is 1. The van der Waals surface area contributed by atoms with Crippen LogP contribution < -0.4 is 11.1 Å². The van der Waals surface area contributed by atoms with Gasteiger partial charge in [-0.1, -0.05) is 6.42 Å². The number of thiazole rings is 1. The van der Waals surface area contributed by atoms with Crippen LogP contribution in [0.4, 0.5) is 10.1 Å². The van der Waals surface area contributed by atoms with E-state index in [1.165, 1.54) is 0 Å². The van der Waals surface area contributed by atoms with Crippen LogP contribution in [-0.4, -0.2) is 22.4 Å². The summed E-state index contributed by atoms with van der Waals surface area (Å²) in [5.74, 6) is -0.175. The van der Waals surface area contributed by atoms with Crippen LogP contribution in [0.25, 0.3) is 0 Å². The maximum atomic E-state index is 11.4. The van der Waals surface area contributed by atoms with Crippen LogP contribution in [0.5, 0.6) is 0 Å². The second kappa shape index (κ2) is 6.92. The van der Waals surface area contributed by atoms with E-state index in [9.17, 15) is 14.9 Å². The number of hydrogen-bond donors (Lipinski definition) is 2.